The van der Waals surface area contributed by atoms with E-state index >= 15 is 0 Å². The van der Waals surface area contributed by atoms with Crippen molar-refractivity contribution in [3.63, 3.8) is 0 Å². The summed E-state index contributed by atoms with van der Waals surface area (Å²) in [5.41, 5.74) is 0. The third kappa shape index (κ3) is 23.1. The van der Waals surface area contributed by atoms with Crippen molar-refractivity contribution in [1.82, 2.24) is 0 Å². The van der Waals surface area contributed by atoms with Gasteiger partial charge in [0.15, 0.2) is 0 Å². The number of hydrogen-bond acceptors (Lipinski definition) is 3. The molecule has 1 aromatic rings. The highest BCUT2D eigenvalue weighted by Crippen LogP contribution is 2.28. The lowest BCUT2D eigenvalue weighted by Crippen LogP contribution is -2.03. The fourth-order valence-corrected chi connectivity index (χ4v) is 4.99. The van der Waals surface area contributed by atoms with Crippen molar-refractivity contribution in [3.8, 4) is 17.2 Å². The molecule has 0 saturated carbocycles. The zero-order chi connectivity index (χ0) is 28.1. The van der Waals surface area contributed by atoms with Crippen LogP contribution in [-0.4, -0.2) is 19.8 Å². The summed E-state index contributed by atoms with van der Waals surface area (Å²) >= 11 is 0. The Balaban J connectivity index is 2.38. The van der Waals surface area contributed by atoms with Gasteiger partial charge in [0.2, 0.25) is 0 Å². The Morgan fingerprint density at radius 1 is 0.385 bits per heavy atom. The first-order valence-corrected chi connectivity index (χ1v) is 17.3. The Kier molecular flexibility index (Phi) is 25.7. The summed E-state index contributed by atoms with van der Waals surface area (Å²) in [5.74, 6) is 2.38. The molecule has 1 rings (SSSR count). The molecular weight excluding hydrogens is 480 g/mol. The molecule has 0 fully saturated rings. The van der Waals surface area contributed by atoms with Crippen molar-refractivity contribution >= 4 is 0 Å². The summed E-state index contributed by atoms with van der Waals surface area (Å²) in [4.78, 5) is 0. The molecule has 0 aliphatic rings. The lowest BCUT2D eigenvalue weighted by atomic mass is 10.1. The third-order valence-electron chi connectivity index (χ3n) is 7.57. The molecule has 0 aliphatic carbocycles. The van der Waals surface area contributed by atoms with Crippen molar-refractivity contribution in [2.24, 2.45) is 0 Å². The second kappa shape index (κ2) is 28.2. The molecule has 0 N–H and O–H groups in total. The SMILES string of the molecule is CCCCCCCCCCOc1[c]c(OCCCCCCCCCC)cc(OCCCCCCCCCC)c1. The average molecular weight is 546 g/mol. The maximum absolute atomic E-state index is 6.14. The monoisotopic (exact) mass is 545 g/mol. The van der Waals surface area contributed by atoms with Crippen LogP contribution >= 0.6 is 0 Å². The van der Waals surface area contributed by atoms with E-state index in [4.69, 9.17) is 14.2 Å². The molecule has 3 heteroatoms. The van der Waals surface area contributed by atoms with Crippen LogP contribution in [0.15, 0.2) is 12.1 Å². The van der Waals surface area contributed by atoms with E-state index in [2.05, 4.69) is 26.8 Å². The van der Waals surface area contributed by atoms with E-state index in [-0.39, 0.29) is 0 Å². The molecule has 0 spiro atoms. The Hall–Kier alpha value is -1.38. The summed E-state index contributed by atoms with van der Waals surface area (Å²) in [6, 6.07) is 7.34. The fourth-order valence-electron chi connectivity index (χ4n) is 4.99. The molecule has 0 aromatic heterocycles. The van der Waals surface area contributed by atoms with Gasteiger partial charge in [-0.05, 0) is 19.3 Å². The van der Waals surface area contributed by atoms with E-state index in [9.17, 15) is 0 Å². The minimum Gasteiger partial charge on any atom is -0.493 e. The molecule has 0 atom stereocenters. The summed E-state index contributed by atoms with van der Waals surface area (Å²) < 4.78 is 18.3. The van der Waals surface area contributed by atoms with Gasteiger partial charge >= 0.3 is 0 Å². The first-order valence-electron chi connectivity index (χ1n) is 17.3. The Bertz CT molecular complexity index is 532. The first kappa shape index (κ1) is 35.6. The number of rotatable bonds is 30. The van der Waals surface area contributed by atoms with Crippen LogP contribution in [0.25, 0.3) is 0 Å². The fraction of sp³-hybridized carbons (Fsp3) is 0.833. The molecule has 39 heavy (non-hydrogen) atoms. The average Bonchev–Trinajstić information content (AvgIpc) is 2.94. The van der Waals surface area contributed by atoms with E-state index in [1.807, 2.05) is 12.1 Å². The quantitative estimate of drug-likeness (QED) is 0.0900. The van der Waals surface area contributed by atoms with Crippen molar-refractivity contribution < 1.29 is 14.2 Å². The number of unbranched alkanes of at least 4 members (excludes halogenated alkanes) is 21. The number of ether oxygens (including phenoxy) is 3. The Morgan fingerprint density at radius 2 is 0.667 bits per heavy atom. The lowest BCUT2D eigenvalue weighted by Gasteiger charge is -2.13. The van der Waals surface area contributed by atoms with Gasteiger partial charge in [-0.3, -0.25) is 0 Å². The first-order chi connectivity index (χ1) is 19.3. The van der Waals surface area contributed by atoms with Crippen molar-refractivity contribution in [3.05, 3.63) is 18.2 Å². The second-order valence-electron chi connectivity index (χ2n) is 11.5. The maximum Gasteiger partial charge on any atom is 0.134 e. The van der Waals surface area contributed by atoms with Crippen LogP contribution < -0.4 is 14.2 Å². The number of hydrogen-bond donors (Lipinski definition) is 0. The van der Waals surface area contributed by atoms with Gasteiger partial charge in [-0.15, -0.1) is 0 Å². The van der Waals surface area contributed by atoms with Gasteiger partial charge in [0.05, 0.1) is 25.9 Å². The molecule has 0 aliphatic heterocycles. The van der Waals surface area contributed by atoms with Gasteiger partial charge in [-0.25, -0.2) is 0 Å². The van der Waals surface area contributed by atoms with E-state index in [0.717, 1.165) is 56.3 Å². The van der Waals surface area contributed by atoms with Gasteiger partial charge in [-0.2, -0.15) is 0 Å². The molecule has 0 heterocycles. The standard InChI is InChI=1S/C36H65O3/c1-4-7-10-13-16-19-22-25-28-37-34-31-35(38-29-26-23-20-17-14-11-8-5-2)33-36(32-34)39-30-27-24-21-18-15-12-9-6-3/h31-32H,4-30H2,1-3H3. The molecule has 0 saturated heterocycles. The van der Waals surface area contributed by atoms with Crippen LogP contribution in [0.1, 0.15) is 175 Å². The van der Waals surface area contributed by atoms with Gasteiger partial charge < -0.3 is 14.2 Å². The summed E-state index contributed by atoms with van der Waals surface area (Å²) in [7, 11) is 0. The Morgan fingerprint density at radius 3 is 1.00 bits per heavy atom. The number of benzene rings is 1. The van der Waals surface area contributed by atoms with Crippen LogP contribution in [-0.2, 0) is 0 Å². The molecule has 0 bridgehead atoms. The highest BCUT2D eigenvalue weighted by atomic mass is 16.5. The molecular formula is C36H65O3. The summed E-state index contributed by atoms with van der Waals surface area (Å²) in [6.07, 6.45) is 31.4. The van der Waals surface area contributed by atoms with E-state index in [1.165, 1.54) is 135 Å². The van der Waals surface area contributed by atoms with E-state index < -0.39 is 0 Å². The molecule has 0 amide bonds. The molecule has 3 nitrogen and oxygen atoms in total. The van der Waals surface area contributed by atoms with Crippen LogP contribution in [0.5, 0.6) is 17.2 Å². The van der Waals surface area contributed by atoms with E-state index in [1.54, 1.807) is 0 Å². The highest BCUT2D eigenvalue weighted by Gasteiger charge is 2.06. The Labute approximate surface area is 244 Å². The second-order valence-corrected chi connectivity index (χ2v) is 11.5. The van der Waals surface area contributed by atoms with Gasteiger partial charge in [0, 0.05) is 12.1 Å². The van der Waals surface area contributed by atoms with Crippen LogP contribution in [0, 0.1) is 6.07 Å². The minimum atomic E-state index is 0.740. The molecule has 0 unspecified atom stereocenters. The smallest absolute Gasteiger partial charge is 0.134 e. The predicted molar refractivity (Wildman–Crippen MR) is 170 cm³/mol. The molecule has 227 valence electrons. The van der Waals surface area contributed by atoms with Crippen LogP contribution in [0.3, 0.4) is 0 Å². The molecule has 1 aromatic carbocycles. The normalized spacial score (nSPS) is 11.2. The van der Waals surface area contributed by atoms with Gasteiger partial charge in [0.25, 0.3) is 0 Å². The van der Waals surface area contributed by atoms with Crippen LogP contribution in [0.2, 0.25) is 0 Å². The maximum atomic E-state index is 6.14. The lowest BCUT2D eigenvalue weighted by molar-refractivity contribution is 0.275. The highest BCUT2D eigenvalue weighted by molar-refractivity contribution is 5.40. The van der Waals surface area contributed by atoms with Crippen LogP contribution in [0.4, 0.5) is 0 Å². The van der Waals surface area contributed by atoms with Crippen molar-refractivity contribution in [2.45, 2.75) is 175 Å². The minimum absolute atomic E-state index is 0.740. The largest absolute Gasteiger partial charge is 0.493 e. The van der Waals surface area contributed by atoms with Gasteiger partial charge in [0.1, 0.15) is 17.2 Å². The summed E-state index contributed by atoms with van der Waals surface area (Å²) in [6.45, 7) is 9.07. The molecule has 1 radical (unpaired) electrons. The predicted octanol–water partition coefficient (Wildman–Crippen LogP) is 12.0. The van der Waals surface area contributed by atoms with E-state index in [0.29, 0.717) is 0 Å². The topological polar surface area (TPSA) is 27.7 Å². The van der Waals surface area contributed by atoms with Crippen molar-refractivity contribution in [2.75, 3.05) is 19.8 Å². The summed E-state index contributed by atoms with van der Waals surface area (Å²) in [5, 5.41) is 0. The third-order valence-corrected chi connectivity index (χ3v) is 7.57. The zero-order valence-corrected chi connectivity index (χ0v) is 26.5. The van der Waals surface area contributed by atoms with Crippen molar-refractivity contribution in [1.29, 1.82) is 0 Å². The zero-order valence-electron chi connectivity index (χ0n) is 26.5. The van der Waals surface area contributed by atoms with Gasteiger partial charge in [-0.1, -0.05) is 156 Å².